The molecule has 0 saturated heterocycles. The molecule has 0 aliphatic rings. The summed E-state index contributed by atoms with van der Waals surface area (Å²) in [4.78, 5) is 48.7. The van der Waals surface area contributed by atoms with Crippen molar-refractivity contribution < 1.29 is 29.4 Å². The quantitative estimate of drug-likeness (QED) is 0.296. The molecule has 0 aliphatic carbocycles. The second kappa shape index (κ2) is 17.7. The minimum absolute atomic E-state index is 0.0403. The second-order valence-corrected chi connectivity index (χ2v) is 7.69. The molecule has 8 heteroatoms. The standard InChI is InChI=1S/C22H40N2O6/c1-3-5-7-9-13-17-23(21(27)28)19(25)15-11-12-16-20(26)24(22(29)30)18-14-10-8-6-4-2/h3-18H2,1-2H3,(H,27,28)(H,29,30). The molecular formula is C22H40N2O6. The molecule has 0 rings (SSSR count). The van der Waals surface area contributed by atoms with E-state index in [1.165, 1.54) is 0 Å². The fourth-order valence-electron chi connectivity index (χ4n) is 3.22. The molecule has 0 aromatic rings. The van der Waals surface area contributed by atoms with Crippen molar-refractivity contribution in [3.63, 3.8) is 0 Å². The molecule has 0 heterocycles. The van der Waals surface area contributed by atoms with Gasteiger partial charge in [0.25, 0.3) is 0 Å². The average molecular weight is 429 g/mol. The molecule has 0 spiro atoms. The lowest BCUT2D eigenvalue weighted by molar-refractivity contribution is -0.131. The Morgan fingerprint density at radius 3 is 1.17 bits per heavy atom. The first kappa shape index (κ1) is 27.9. The van der Waals surface area contributed by atoms with Crippen molar-refractivity contribution in [1.82, 2.24) is 9.80 Å². The third-order valence-electron chi connectivity index (χ3n) is 5.07. The Morgan fingerprint density at radius 1 is 0.533 bits per heavy atom. The van der Waals surface area contributed by atoms with Crippen LogP contribution >= 0.6 is 0 Å². The Morgan fingerprint density at radius 2 is 0.867 bits per heavy atom. The van der Waals surface area contributed by atoms with E-state index in [-0.39, 0.29) is 25.9 Å². The number of hydrogen-bond donors (Lipinski definition) is 2. The summed E-state index contributed by atoms with van der Waals surface area (Å²) in [6, 6.07) is 0. The zero-order chi connectivity index (χ0) is 22.8. The molecule has 0 saturated carbocycles. The lowest BCUT2D eigenvalue weighted by Gasteiger charge is -2.18. The van der Waals surface area contributed by atoms with Crippen LogP contribution in [0.25, 0.3) is 0 Å². The molecule has 0 radical (unpaired) electrons. The van der Waals surface area contributed by atoms with E-state index in [1.54, 1.807) is 0 Å². The highest BCUT2D eigenvalue weighted by Gasteiger charge is 2.21. The summed E-state index contributed by atoms with van der Waals surface area (Å²) in [6.45, 7) is 4.59. The first-order valence-electron chi connectivity index (χ1n) is 11.4. The highest BCUT2D eigenvalue weighted by Crippen LogP contribution is 2.10. The van der Waals surface area contributed by atoms with E-state index >= 15 is 0 Å². The van der Waals surface area contributed by atoms with Crippen LogP contribution in [0.5, 0.6) is 0 Å². The van der Waals surface area contributed by atoms with Gasteiger partial charge in [0, 0.05) is 25.9 Å². The van der Waals surface area contributed by atoms with Gasteiger partial charge in [-0.15, -0.1) is 0 Å². The van der Waals surface area contributed by atoms with Crippen LogP contribution in [-0.2, 0) is 9.59 Å². The van der Waals surface area contributed by atoms with Gasteiger partial charge in [0.1, 0.15) is 0 Å². The van der Waals surface area contributed by atoms with E-state index in [1.807, 2.05) is 0 Å². The van der Waals surface area contributed by atoms with Gasteiger partial charge >= 0.3 is 12.2 Å². The summed E-state index contributed by atoms with van der Waals surface area (Å²) in [5.41, 5.74) is 0. The van der Waals surface area contributed by atoms with E-state index in [0.29, 0.717) is 25.7 Å². The Bertz CT molecular complexity index is 478. The molecule has 0 aromatic carbocycles. The molecule has 0 aliphatic heterocycles. The third kappa shape index (κ3) is 13.2. The van der Waals surface area contributed by atoms with E-state index in [0.717, 1.165) is 61.2 Å². The predicted octanol–water partition coefficient (Wildman–Crippen LogP) is 5.50. The van der Waals surface area contributed by atoms with Crippen molar-refractivity contribution in [1.29, 1.82) is 0 Å². The van der Waals surface area contributed by atoms with E-state index in [4.69, 9.17) is 0 Å². The smallest absolute Gasteiger partial charge is 0.414 e. The zero-order valence-electron chi connectivity index (χ0n) is 18.7. The van der Waals surface area contributed by atoms with E-state index < -0.39 is 24.0 Å². The largest absolute Gasteiger partial charge is 0.465 e. The summed E-state index contributed by atoms with van der Waals surface area (Å²) in [5.74, 6) is -0.923. The Labute approximate surface area is 180 Å². The minimum Gasteiger partial charge on any atom is -0.465 e. The number of carbonyl (C=O) groups excluding carboxylic acids is 2. The number of nitrogens with zero attached hydrogens (tertiary/aromatic N) is 2. The van der Waals surface area contributed by atoms with Crippen LogP contribution in [0, 0.1) is 0 Å². The van der Waals surface area contributed by atoms with Gasteiger partial charge in [0.05, 0.1) is 0 Å². The fourth-order valence-corrected chi connectivity index (χ4v) is 3.22. The zero-order valence-corrected chi connectivity index (χ0v) is 18.7. The van der Waals surface area contributed by atoms with Crippen molar-refractivity contribution in [2.24, 2.45) is 0 Å². The molecule has 8 nitrogen and oxygen atoms in total. The number of carbonyl (C=O) groups is 4. The Hall–Kier alpha value is -2.12. The summed E-state index contributed by atoms with van der Waals surface area (Å²) in [6.07, 6.45) is 7.84. The van der Waals surface area contributed by atoms with Gasteiger partial charge in [-0.25, -0.2) is 19.4 Å². The van der Waals surface area contributed by atoms with Gasteiger partial charge in [-0.2, -0.15) is 0 Å². The molecule has 0 fully saturated rings. The van der Waals surface area contributed by atoms with E-state index in [2.05, 4.69) is 13.8 Å². The number of amides is 4. The van der Waals surface area contributed by atoms with Crippen LogP contribution in [0.4, 0.5) is 9.59 Å². The molecular weight excluding hydrogens is 388 g/mol. The first-order chi connectivity index (χ1) is 14.3. The summed E-state index contributed by atoms with van der Waals surface area (Å²) in [5, 5.41) is 18.5. The van der Waals surface area contributed by atoms with Crippen LogP contribution in [0.2, 0.25) is 0 Å². The second-order valence-electron chi connectivity index (χ2n) is 7.69. The first-order valence-corrected chi connectivity index (χ1v) is 11.4. The van der Waals surface area contributed by atoms with Crippen LogP contribution in [0.15, 0.2) is 0 Å². The van der Waals surface area contributed by atoms with Crippen LogP contribution in [-0.4, -0.2) is 57.1 Å². The maximum atomic E-state index is 12.2. The maximum Gasteiger partial charge on any atom is 0.414 e. The number of hydrogen-bond acceptors (Lipinski definition) is 4. The molecule has 0 atom stereocenters. The Kier molecular flexibility index (Phi) is 16.5. The molecule has 0 aromatic heterocycles. The molecule has 2 N–H and O–H groups in total. The molecule has 30 heavy (non-hydrogen) atoms. The molecule has 174 valence electrons. The SMILES string of the molecule is CCCCCCCN(C(=O)O)C(=O)CCCCC(=O)N(CCCCCCC)C(=O)O. The van der Waals surface area contributed by atoms with Crippen molar-refractivity contribution in [3.05, 3.63) is 0 Å². The lowest BCUT2D eigenvalue weighted by atomic mass is 10.1. The van der Waals surface area contributed by atoms with Crippen LogP contribution in [0.1, 0.15) is 104 Å². The third-order valence-corrected chi connectivity index (χ3v) is 5.07. The minimum atomic E-state index is -1.24. The van der Waals surface area contributed by atoms with Gasteiger partial charge in [-0.05, 0) is 25.7 Å². The number of imide groups is 2. The van der Waals surface area contributed by atoms with Crippen LogP contribution < -0.4 is 0 Å². The van der Waals surface area contributed by atoms with Crippen molar-refractivity contribution in [2.45, 2.75) is 104 Å². The van der Waals surface area contributed by atoms with Gasteiger partial charge in [0.15, 0.2) is 0 Å². The lowest BCUT2D eigenvalue weighted by Crippen LogP contribution is -2.37. The summed E-state index contributed by atoms with van der Waals surface area (Å²) >= 11 is 0. The number of unbranched alkanes of at least 4 members (excludes halogenated alkanes) is 9. The number of carboxylic acid groups (broad SMARTS) is 2. The molecule has 0 unspecified atom stereocenters. The van der Waals surface area contributed by atoms with Gasteiger partial charge in [0.2, 0.25) is 11.8 Å². The van der Waals surface area contributed by atoms with Crippen molar-refractivity contribution in [3.8, 4) is 0 Å². The van der Waals surface area contributed by atoms with Gasteiger partial charge in [-0.3, -0.25) is 9.59 Å². The maximum absolute atomic E-state index is 12.2. The van der Waals surface area contributed by atoms with Crippen molar-refractivity contribution >= 4 is 24.0 Å². The highest BCUT2D eigenvalue weighted by atomic mass is 16.4. The Balaban J connectivity index is 4.24. The van der Waals surface area contributed by atoms with Gasteiger partial charge < -0.3 is 10.2 Å². The summed E-state index contributed by atoms with van der Waals surface area (Å²) < 4.78 is 0. The van der Waals surface area contributed by atoms with Crippen LogP contribution in [0.3, 0.4) is 0 Å². The monoisotopic (exact) mass is 428 g/mol. The average Bonchev–Trinajstić information content (AvgIpc) is 2.69. The predicted molar refractivity (Wildman–Crippen MR) is 115 cm³/mol. The molecule has 4 amide bonds. The number of rotatable bonds is 17. The fraction of sp³-hybridized carbons (Fsp3) is 0.818. The van der Waals surface area contributed by atoms with Crippen molar-refractivity contribution in [2.75, 3.05) is 13.1 Å². The van der Waals surface area contributed by atoms with E-state index in [9.17, 15) is 29.4 Å². The normalized spacial score (nSPS) is 10.6. The van der Waals surface area contributed by atoms with Gasteiger partial charge in [-0.1, -0.05) is 65.2 Å². The highest BCUT2D eigenvalue weighted by molar-refractivity contribution is 5.92. The summed E-state index contributed by atoms with van der Waals surface area (Å²) in [7, 11) is 0. The molecule has 0 bridgehead atoms. The topological polar surface area (TPSA) is 115 Å².